The summed E-state index contributed by atoms with van der Waals surface area (Å²) in [5.74, 6) is -0.811. The van der Waals surface area contributed by atoms with E-state index in [9.17, 15) is 14.4 Å². The predicted molar refractivity (Wildman–Crippen MR) is 85.3 cm³/mol. The minimum absolute atomic E-state index is 0.0731. The number of nitrogens with zero attached hydrogens (tertiary/aromatic N) is 3. The third kappa shape index (κ3) is 2.96. The summed E-state index contributed by atoms with van der Waals surface area (Å²) in [5, 5.41) is 0. The Balaban J connectivity index is 1.82. The van der Waals surface area contributed by atoms with Crippen molar-refractivity contribution in [2.45, 2.75) is 6.54 Å². The standard InChI is InChI=1S/C17H15N3O4/c1-24-16(22)12-5-4-7-14(9-12)19-11-15(21)20(17(19)23)10-13-6-2-3-8-18-13/h2-9H,10-11H2,1H3. The van der Waals surface area contributed by atoms with Crippen molar-refractivity contribution in [2.24, 2.45) is 0 Å². The van der Waals surface area contributed by atoms with E-state index in [1.165, 1.54) is 18.1 Å². The molecule has 3 amide bonds. The molecule has 0 atom stereocenters. The maximum absolute atomic E-state index is 12.6. The van der Waals surface area contributed by atoms with Crippen LogP contribution in [0.25, 0.3) is 0 Å². The van der Waals surface area contributed by atoms with Crippen LogP contribution < -0.4 is 4.90 Å². The van der Waals surface area contributed by atoms with Crippen molar-refractivity contribution >= 4 is 23.6 Å². The minimum atomic E-state index is -0.500. The number of anilines is 1. The zero-order valence-corrected chi connectivity index (χ0v) is 13.0. The number of ether oxygens (including phenoxy) is 1. The maximum atomic E-state index is 12.6. The van der Waals surface area contributed by atoms with Gasteiger partial charge in [0.15, 0.2) is 0 Å². The Labute approximate surface area is 138 Å². The summed E-state index contributed by atoms with van der Waals surface area (Å²) in [6.07, 6.45) is 1.61. The molecule has 3 rings (SSSR count). The zero-order chi connectivity index (χ0) is 17.1. The first-order valence-electron chi connectivity index (χ1n) is 7.30. The Bertz CT molecular complexity index is 791. The fourth-order valence-electron chi connectivity index (χ4n) is 2.47. The van der Waals surface area contributed by atoms with E-state index in [4.69, 9.17) is 0 Å². The first-order chi connectivity index (χ1) is 11.6. The summed E-state index contributed by atoms with van der Waals surface area (Å²) in [7, 11) is 1.29. The zero-order valence-electron chi connectivity index (χ0n) is 13.0. The first-order valence-corrected chi connectivity index (χ1v) is 7.30. The highest BCUT2D eigenvalue weighted by atomic mass is 16.5. The molecule has 0 bridgehead atoms. The van der Waals surface area contributed by atoms with E-state index in [1.54, 1.807) is 42.6 Å². The van der Waals surface area contributed by atoms with E-state index in [1.807, 2.05) is 0 Å². The van der Waals surface area contributed by atoms with Crippen LogP contribution in [0.5, 0.6) is 0 Å². The van der Waals surface area contributed by atoms with Crippen LogP contribution in [0.1, 0.15) is 16.1 Å². The number of pyridine rings is 1. The number of aromatic nitrogens is 1. The highest BCUT2D eigenvalue weighted by molar-refractivity contribution is 6.12. The van der Waals surface area contributed by atoms with Crippen LogP contribution in [0.3, 0.4) is 0 Å². The molecule has 1 aromatic heterocycles. The topological polar surface area (TPSA) is 79.8 Å². The molecule has 1 aliphatic rings. The van der Waals surface area contributed by atoms with Gasteiger partial charge >= 0.3 is 12.0 Å². The van der Waals surface area contributed by atoms with Gasteiger partial charge in [0.25, 0.3) is 5.91 Å². The van der Waals surface area contributed by atoms with E-state index in [0.29, 0.717) is 16.9 Å². The van der Waals surface area contributed by atoms with Gasteiger partial charge in [0.1, 0.15) is 6.54 Å². The quantitative estimate of drug-likeness (QED) is 0.633. The van der Waals surface area contributed by atoms with Gasteiger partial charge in [-0.1, -0.05) is 12.1 Å². The van der Waals surface area contributed by atoms with Crippen LogP contribution in [0.4, 0.5) is 10.5 Å². The van der Waals surface area contributed by atoms with Crippen LogP contribution in [-0.2, 0) is 16.1 Å². The number of imide groups is 1. The Hall–Kier alpha value is -3.22. The van der Waals surface area contributed by atoms with E-state index in [0.717, 1.165) is 4.90 Å². The second-order valence-corrected chi connectivity index (χ2v) is 5.21. The fraction of sp³-hybridized carbons (Fsp3) is 0.176. The molecule has 7 heteroatoms. The van der Waals surface area contributed by atoms with E-state index >= 15 is 0 Å². The molecule has 24 heavy (non-hydrogen) atoms. The van der Waals surface area contributed by atoms with Gasteiger partial charge in [-0.2, -0.15) is 0 Å². The molecular weight excluding hydrogens is 310 g/mol. The number of hydrogen-bond donors (Lipinski definition) is 0. The van der Waals surface area contributed by atoms with Crippen LogP contribution in [0.2, 0.25) is 0 Å². The molecule has 0 radical (unpaired) electrons. The molecule has 1 aliphatic heterocycles. The summed E-state index contributed by atoms with van der Waals surface area (Å²) >= 11 is 0. The van der Waals surface area contributed by atoms with Gasteiger partial charge in [-0.3, -0.25) is 19.6 Å². The molecule has 0 aliphatic carbocycles. The minimum Gasteiger partial charge on any atom is -0.465 e. The number of methoxy groups -OCH3 is 1. The van der Waals surface area contributed by atoms with Gasteiger partial charge in [-0.15, -0.1) is 0 Å². The lowest BCUT2D eigenvalue weighted by atomic mass is 10.2. The number of benzene rings is 1. The smallest absolute Gasteiger partial charge is 0.337 e. The van der Waals surface area contributed by atoms with Crippen molar-refractivity contribution in [3.8, 4) is 0 Å². The molecule has 1 fully saturated rings. The SMILES string of the molecule is COC(=O)c1cccc(N2CC(=O)N(Cc3ccccn3)C2=O)c1. The number of esters is 1. The number of urea groups is 1. The Kier molecular flexibility index (Phi) is 4.24. The van der Waals surface area contributed by atoms with Crippen molar-refractivity contribution in [1.82, 2.24) is 9.88 Å². The molecule has 1 aromatic carbocycles. The molecule has 2 aromatic rings. The van der Waals surface area contributed by atoms with Gasteiger partial charge in [-0.25, -0.2) is 9.59 Å². The average Bonchev–Trinajstić information content (AvgIpc) is 2.90. The Morgan fingerprint density at radius 2 is 2.04 bits per heavy atom. The van der Waals surface area contributed by atoms with Crippen molar-refractivity contribution in [3.63, 3.8) is 0 Å². The molecule has 0 saturated carbocycles. The highest BCUT2D eigenvalue weighted by Crippen LogP contribution is 2.23. The van der Waals surface area contributed by atoms with Crippen molar-refractivity contribution in [1.29, 1.82) is 0 Å². The van der Waals surface area contributed by atoms with Gasteiger partial charge in [0.05, 0.1) is 24.9 Å². The second-order valence-electron chi connectivity index (χ2n) is 5.21. The Morgan fingerprint density at radius 3 is 2.75 bits per heavy atom. The van der Waals surface area contributed by atoms with Gasteiger partial charge in [0, 0.05) is 11.9 Å². The number of rotatable bonds is 4. The maximum Gasteiger partial charge on any atom is 0.337 e. The molecule has 2 heterocycles. The van der Waals surface area contributed by atoms with Gasteiger partial charge in [0.2, 0.25) is 0 Å². The van der Waals surface area contributed by atoms with E-state index < -0.39 is 12.0 Å². The molecule has 122 valence electrons. The van der Waals surface area contributed by atoms with Crippen LogP contribution in [0, 0.1) is 0 Å². The molecular formula is C17H15N3O4. The molecule has 1 saturated heterocycles. The number of carbonyl (C=O) groups excluding carboxylic acids is 3. The number of carbonyl (C=O) groups is 3. The first kappa shape index (κ1) is 15.7. The molecule has 7 nitrogen and oxygen atoms in total. The van der Waals surface area contributed by atoms with Crippen LogP contribution >= 0.6 is 0 Å². The summed E-state index contributed by atoms with van der Waals surface area (Å²) < 4.78 is 4.67. The fourth-order valence-corrected chi connectivity index (χ4v) is 2.47. The van der Waals surface area contributed by atoms with Crippen molar-refractivity contribution in [2.75, 3.05) is 18.6 Å². The van der Waals surface area contributed by atoms with Gasteiger partial charge < -0.3 is 4.74 Å². The summed E-state index contributed by atoms with van der Waals surface area (Å²) in [6, 6.07) is 11.3. The summed E-state index contributed by atoms with van der Waals surface area (Å²) in [5.41, 5.74) is 1.42. The summed E-state index contributed by atoms with van der Waals surface area (Å²) in [4.78, 5) is 43.0. The number of hydrogen-bond acceptors (Lipinski definition) is 5. The Morgan fingerprint density at radius 1 is 1.21 bits per heavy atom. The third-order valence-corrected chi connectivity index (χ3v) is 3.68. The normalized spacial score (nSPS) is 14.2. The summed E-state index contributed by atoms with van der Waals surface area (Å²) in [6.45, 7) is 0.0436. The average molecular weight is 325 g/mol. The van der Waals surface area contributed by atoms with Crippen LogP contribution in [-0.4, -0.2) is 41.4 Å². The molecule has 0 unspecified atom stereocenters. The largest absolute Gasteiger partial charge is 0.465 e. The van der Waals surface area contributed by atoms with E-state index in [-0.39, 0.29) is 19.0 Å². The van der Waals surface area contributed by atoms with E-state index in [2.05, 4.69) is 9.72 Å². The van der Waals surface area contributed by atoms with Gasteiger partial charge in [-0.05, 0) is 30.3 Å². The second kappa shape index (κ2) is 6.49. The van der Waals surface area contributed by atoms with Crippen molar-refractivity contribution in [3.05, 3.63) is 59.9 Å². The monoisotopic (exact) mass is 325 g/mol. The van der Waals surface area contributed by atoms with Crippen molar-refractivity contribution < 1.29 is 19.1 Å². The highest BCUT2D eigenvalue weighted by Gasteiger charge is 2.37. The molecule has 0 spiro atoms. The number of amides is 3. The lowest BCUT2D eigenvalue weighted by Gasteiger charge is -2.17. The lowest BCUT2D eigenvalue weighted by molar-refractivity contribution is -0.125. The predicted octanol–water partition coefficient (Wildman–Crippen LogP) is 1.84. The lowest BCUT2D eigenvalue weighted by Crippen LogP contribution is -2.32. The third-order valence-electron chi connectivity index (χ3n) is 3.68. The molecule has 0 N–H and O–H groups in total. The van der Waals surface area contributed by atoms with Crippen LogP contribution in [0.15, 0.2) is 48.7 Å².